The van der Waals surface area contributed by atoms with E-state index in [1.54, 1.807) is 7.11 Å². The second-order valence-corrected chi connectivity index (χ2v) is 2.86. The van der Waals surface area contributed by atoms with Gasteiger partial charge < -0.3 is 14.6 Å². The Balaban J connectivity index is 2.54. The molecule has 3 nitrogen and oxygen atoms in total. The molecule has 1 aliphatic rings. The smallest absolute Gasteiger partial charge is 0.106 e. The van der Waals surface area contributed by atoms with Crippen LogP contribution in [0.25, 0.3) is 0 Å². The van der Waals surface area contributed by atoms with Gasteiger partial charge in [0.05, 0.1) is 12.2 Å². The van der Waals surface area contributed by atoms with Crippen molar-refractivity contribution in [3.63, 3.8) is 0 Å². The molecule has 0 radical (unpaired) electrons. The van der Waals surface area contributed by atoms with Crippen LogP contribution in [0.5, 0.6) is 0 Å². The van der Waals surface area contributed by atoms with Crippen LogP contribution in [0.4, 0.5) is 0 Å². The molecule has 1 fully saturated rings. The Kier molecular flexibility index (Phi) is 2.28. The highest BCUT2D eigenvalue weighted by molar-refractivity contribution is 4.86. The third-order valence-electron chi connectivity index (χ3n) is 2.19. The van der Waals surface area contributed by atoms with Crippen molar-refractivity contribution in [1.29, 1.82) is 0 Å². The molecule has 0 saturated carbocycles. The van der Waals surface area contributed by atoms with Gasteiger partial charge in [0.25, 0.3) is 0 Å². The summed E-state index contributed by atoms with van der Waals surface area (Å²) >= 11 is 0. The van der Waals surface area contributed by atoms with E-state index in [4.69, 9.17) is 9.47 Å². The van der Waals surface area contributed by atoms with E-state index in [-0.39, 0.29) is 0 Å². The molecule has 0 bridgehead atoms. The average molecular weight is 146 g/mol. The summed E-state index contributed by atoms with van der Waals surface area (Å²) in [6.45, 7) is 2.98. The lowest BCUT2D eigenvalue weighted by atomic mass is 9.94. The number of ether oxygens (including phenoxy) is 2. The molecule has 10 heavy (non-hydrogen) atoms. The second kappa shape index (κ2) is 2.86. The van der Waals surface area contributed by atoms with E-state index in [9.17, 15) is 5.11 Å². The second-order valence-electron chi connectivity index (χ2n) is 2.86. The predicted octanol–water partition coefficient (Wildman–Crippen LogP) is 0.173. The summed E-state index contributed by atoms with van der Waals surface area (Å²) in [5, 5.41) is 9.38. The van der Waals surface area contributed by atoms with Crippen LogP contribution in [0.1, 0.15) is 13.3 Å². The van der Waals surface area contributed by atoms with Gasteiger partial charge in [-0.05, 0) is 6.92 Å². The lowest BCUT2D eigenvalue weighted by molar-refractivity contribution is -0.159. The Morgan fingerprint density at radius 3 is 2.80 bits per heavy atom. The van der Waals surface area contributed by atoms with Gasteiger partial charge >= 0.3 is 0 Å². The highest BCUT2D eigenvalue weighted by atomic mass is 16.5. The largest absolute Gasteiger partial charge is 0.388 e. The minimum atomic E-state index is -0.480. The highest BCUT2D eigenvalue weighted by Gasteiger charge is 2.35. The number of hydrogen-bond acceptors (Lipinski definition) is 3. The van der Waals surface area contributed by atoms with Gasteiger partial charge in [-0.25, -0.2) is 0 Å². The number of aliphatic hydroxyl groups is 1. The van der Waals surface area contributed by atoms with E-state index < -0.39 is 11.7 Å². The van der Waals surface area contributed by atoms with Gasteiger partial charge in [-0.3, -0.25) is 0 Å². The van der Waals surface area contributed by atoms with Crippen molar-refractivity contribution < 1.29 is 14.6 Å². The third kappa shape index (κ3) is 1.31. The number of hydrogen-bond donors (Lipinski definition) is 1. The zero-order chi connectivity index (χ0) is 7.61. The lowest BCUT2D eigenvalue weighted by Gasteiger charge is -2.36. The fraction of sp³-hybridized carbons (Fsp3) is 1.00. The minimum absolute atomic E-state index is 0.391. The Morgan fingerprint density at radius 2 is 2.40 bits per heavy atom. The summed E-state index contributed by atoms with van der Waals surface area (Å²) in [5.41, 5.74) is -0.391. The zero-order valence-electron chi connectivity index (χ0n) is 6.46. The monoisotopic (exact) mass is 146 g/mol. The number of aliphatic hydroxyl groups excluding tert-OH is 1. The molecule has 0 aromatic rings. The maximum Gasteiger partial charge on any atom is 0.106 e. The van der Waals surface area contributed by atoms with Crippen LogP contribution in [0, 0.1) is 0 Å². The highest BCUT2D eigenvalue weighted by Crippen LogP contribution is 2.23. The molecule has 2 atom stereocenters. The Morgan fingerprint density at radius 1 is 1.70 bits per heavy atom. The molecule has 2 unspecified atom stereocenters. The first-order chi connectivity index (χ1) is 4.69. The molecule has 1 saturated heterocycles. The van der Waals surface area contributed by atoms with Crippen molar-refractivity contribution in [3.05, 3.63) is 0 Å². The van der Waals surface area contributed by atoms with Crippen molar-refractivity contribution in [2.75, 3.05) is 20.3 Å². The molecular formula is C7H14O3. The van der Waals surface area contributed by atoms with Gasteiger partial charge in [0.1, 0.15) is 6.10 Å². The summed E-state index contributed by atoms with van der Waals surface area (Å²) in [6.07, 6.45) is 0.288. The molecule has 3 heteroatoms. The molecule has 0 aliphatic carbocycles. The maximum atomic E-state index is 9.38. The van der Waals surface area contributed by atoms with Crippen molar-refractivity contribution in [2.24, 2.45) is 0 Å². The van der Waals surface area contributed by atoms with Gasteiger partial charge in [-0.15, -0.1) is 0 Å². The fourth-order valence-electron chi connectivity index (χ4n) is 1.05. The van der Waals surface area contributed by atoms with E-state index in [0.717, 1.165) is 6.42 Å². The molecule has 1 heterocycles. The average Bonchev–Trinajstić information content (AvgIpc) is 1.96. The molecule has 0 spiro atoms. The molecule has 60 valence electrons. The van der Waals surface area contributed by atoms with E-state index in [0.29, 0.717) is 13.2 Å². The fourth-order valence-corrected chi connectivity index (χ4v) is 1.05. The van der Waals surface area contributed by atoms with Crippen LogP contribution < -0.4 is 0 Å². The minimum Gasteiger partial charge on any atom is -0.388 e. The van der Waals surface area contributed by atoms with Gasteiger partial charge in [-0.1, -0.05) is 0 Å². The third-order valence-corrected chi connectivity index (χ3v) is 2.19. The number of rotatable bonds is 1. The molecule has 0 aromatic heterocycles. The van der Waals surface area contributed by atoms with Crippen molar-refractivity contribution in [3.8, 4) is 0 Å². The SMILES string of the molecule is COC1(C)CCOCC1O. The first-order valence-corrected chi connectivity index (χ1v) is 3.50. The van der Waals surface area contributed by atoms with E-state index in [1.165, 1.54) is 0 Å². The van der Waals surface area contributed by atoms with Gasteiger partial charge in [0, 0.05) is 20.1 Å². The van der Waals surface area contributed by atoms with Gasteiger partial charge in [0.15, 0.2) is 0 Å². The summed E-state index contributed by atoms with van der Waals surface area (Å²) in [4.78, 5) is 0. The molecule has 0 aromatic carbocycles. The van der Waals surface area contributed by atoms with E-state index in [2.05, 4.69) is 0 Å². The first kappa shape index (κ1) is 7.98. The molecule has 0 amide bonds. The lowest BCUT2D eigenvalue weighted by Crippen LogP contribution is -2.48. The topological polar surface area (TPSA) is 38.7 Å². The molecular weight excluding hydrogens is 132 g/mol. The zero-order valence-corrected chi connectivity index (χ0v) is 6.46. The van der Waals surface area contributed by atoms with Crippen LogP contribution in [0.2, 0.25) is 0 Å². The van der Waals surface area contributed by atoms with E-state index in [1.807, 2.05) is 6.92 Å². The van der Waals surface area contributed by atoms with Gasteiger partial charge in [0.2, 0.25) is 0 Å². The molecule has 1 N–H and O–H groups in total. The Bertz CT molecular complexity index is 115. The van der Waals surface area contributed by atoms with Crippen LogP contribution >= 0.6 is 0 Å². The van der Waals surface area contributed by atoms with E-state index >= 15 is 0 Å². The quantitative estimate of drug-likeness (QED) is 0.573. The summed E-state index contributed by atoms with van der Waals surface area (Å²) in [6, 6.07) is 0. The molecule has 1 rings (SSSR count). The summed E-state index contributed by atoms with van der Waals surface area (Å²) < 4.78 is 10.2. The Hall–Kier alpha value is -0.120. The molecule has 1 aliphatic heterocycles. The van der Waals surface area contributed by atoms with Crippen molar-refractivity contribution >= 4 is 0 Å². The maximum absolute atomic E-state index is 9.38. The standard InChI is InChI=1S/C7H14O3/c1-7(9-2)3-4-10-5-6(7)8/h6,8H,3-5H2,1-2H3. The number of methoxy groups -OCH3 is 1. The van der Waals surface area contributed by atoms with Crippen LogP contribution in [-0.4, -0.2) is 37.1 Å². The Labute approximate surface area is 60.9 Å². The van der Waals surface area contributed by atoms with Crippen molar-refractivity contribution in [1.82, 2.24) is 0 Å². The predicted molar refractivity (Wildman–Crippen MR) is 36.9 cm³/mol. The normalized spacial score (nSPS) is 41.7. The van der Waals surface area contributed by atoms with Crippen LogP contribution in [0.3, 0.4) is 0 Å². The van der Waals surface area contributed by atoms with Crippen LogP contribution in [0.15, 0.2) is 0 Å². The van der Waals surface area contributed by atoms with Crippen molar-refractivity contribution in [2.45, 2.75) is 25.0 Å². The summed E-state index contributed by atoms with van der Waals surface area (Å²) in [7, 11) is 1.62. The van der Waals surface area contributed by atoms with Gasteiger partial charge in [-0.2, -0.15) is 0 Å². The summed E-state index contributed by atoms with van der Waals surface area (Å²) in [5.74, 6) is 0. The first-order valence-electron chi connectivity index (χ1n) is 3.50. The van der Waals surface area contributed by atoms with Crippen LogP contribution in [-0.2, 0) is 9.47 Å².